The normalized spacial score (nSPS) is 19.6. The van der Waals surface area contributed by atoms with Crippen molar-refractivity contribution in [1.82, 2.24) is 15.2 Å². The fourth-order valence-corrected chi connectivity index (χ4v) is 1.94. The number of ketones is 1. The molecule has 6 nitrogen and oxygen atoms in total. The van der Waals surface area contributed by atoms with Crippen LogP contribution in [0.1, 0.15) is 34.7 Å². The maximum absolute atomic E-state index is 12.2. The average Bonchev–Trinajstić information content (AvgIpc) is 2.81. The molecule has 96 valence electrons. The first-order valence-corrected chi connectivity index (χ1v) is 5.78. The van der Waals surface area contributed by atoms with Gasteiger partial charge in [0.25, 0.3) is 5.91 Å². The summed E-state index contributed by atoms with van der Waals surface area (Å²) < 4.78 is 0. The fourth-order valence-electron chi connectivity index (χ4n) is 1.94. The predicted molar refractivity (Wildman–Crippen MR) is 64.3 cm³/mol. The summed E-state index contributed by atoms with van der Waals surface area (Å²) in [5.41, 5.74) is 0.800. The van der Waals surface area contributed by atoms with Gasteiger partial charge in [-0.3, -0.25) is 14.4 Å². The molecule has 0 radical (unpaired) electrons. The molecule has 1 aliphatic rings. The van der Waals surface area contributed by atoms with Crippen LogP contribution in [0.4, 0.5) is 0 Å². The minimum Gasteiger partial charge on any atom is -0.356 e. The van der Waals surface area contributed by atoms with Crippen molar-refractivity contribution in [2.75, 3.05) is 13.1 Å². The number of piperazine rings is 1. The van der Waals surface area contributed by atoms with Crippen molar-refractivity contribution in [2.45, 2.75) is 19.9 Å². The quantitative estimate of drug-likeness (QED) is 0.733. The van der Waals surface area contributed by atoms with E-state index in [1.54, 1.807) is 6.92 Å². The predicted octanol–water partition coefficient (Wildman–Crippen LogP) is 0.178. The number of nitrogens with zero attached hydrogens (tertiary/aromatic N) is 1. The Hall–Kier alpha value is -2.11. The summed E-state index contributed by atoms with van der Waals surface area (Å²) >= 11 is 0. The Kier molecular flexibility index (Phi) is 3.18. The third-order valence-electron chi connectivity index (χ3n) is 3.08. The van der Waals surface area contributed by atoms with Gasteiger partial charge in [0, 0.05) is 24.8 Å². The Bertz CT molecular complexity index is 506. The van der Waals surface area contributed by atoms with Crippen LogP contribution in [0.5, 0.6) is 0 Å². The molecule has 2 N–H and O–H groups in total. The first-order chi connectivity index (χ1) is 8.50. The lowest BCUT2D eigenvalue weighted by molar-refractivity contribution is -0.127. The molecule has 1 saturated heterocycles. The van der Waals surface area contributed by atoms with Crippen LogP contribution in [-0.4, -0.2) is 46.6 Å². The van der Waals surface area contributed by atoms with E-state index in [-0.39, 0.29) is 17.6 Å². The van der Waals surface area contributed by atoms with Crippen LogP contribution in [0.25, 0.3) is 0 Å². The van der Waals surface area contributed by atoms with Gasteiger partial charge in [-0.05, 0) is 19.9 Å². The van der Waals surface area contributed by atoms with Crippen LogP contribution in [0.2, 0.25) is 0 Å². The second-order valence-corrected chi connectivity index (χ2v) is 4.32. The molecule has 0 spiro atoms. The second kappa shape index (κ2) is 4.64. The minimum absolute atomic E-state index is 0.102. The standard InChI is InChI=1S/C12H15N3O3/c1-7-11(17)13-3-4-15(7)12(18)10-5-9(6-14-10)8(2)16/h5-7,14H,3-4H2,1-2H3,(H,13,17). The third kappa shape index (κ3) is 2.13. The number of carbonyl (C=O) groups is 3. The van der Waals surface area contributed by atoms with Gasteiger partial charge >= 0.3 is 0 Å². The molecule has 0 aliphatic carbocycles. The van der Waals surface area contributed by atoms with Gasteiger partial charge in [-0.2, -0.15) is 0 Å². The van der Waals surface area contributed by atoms with Crippen molar-refractivity contribution < 1.29 is 14.4 Å². The Morgan fingerprint density at radius 2 is 2.17 bits per heavy atom. The van der Waals surface area contributed by atoms with Crippen LogP contribution in [-0.2, 0) is 4.79 Å². The number of rotatable bonds is 2. The first kappa shape index (κ1) is 12.3. The molecular formula is C12H15N3O3. The van der Waals surface area contributed by atoms with E-state index >= 15 is 0 Å². The zero-order valence-corrected chi connectivity index (χ0v) is 10.3. The molecule has 1 aromatic rings. The molecule has 2 amide bonds. The smallest absolute Gasteiger partial charge is 0.271 e. The Morgan fingerprint density at radius 1 is 1.44 bits per heavy atom. The lowest BCUT2D eigenvalue weighted by Gasteiger charge is -2.32. The monoisotopic (exact) mass is 249 g/mol. The number of Topliss-reactive ketones (excluding diaryl/α,β-unsaturated/α-hetero) is 1. The number of aromatic nitrogens is 1. The summed E-state index contributed by atoms with van der Waals surface area (Å²) in [5.74, 6) is -0.521. The molecule has 2 rings (SSSR count). The molecule has 0 aromatic carbocycles. The Morgan fingerprint density at radius 3 is 2.78 bits per heavy atom. The summed E-state index contributed by atoms with van der Waals surface area (Å²) in [6.45, 7) is 4.05. The zero-order valence-electron chi connectivity index (χ0n) is 10.3. The topological polar surface area (TPSA) is 82.3 Å². The molecule has 1 fully saturated rings. The van der Waals surface area contributed by atoms with E-state index < -0.39 is 6.04 Å². The highest BCUT2D eigenvalue weighted by atomic mass is 16.2. The Balaban J connectivity index is 2.19. The molecular weight excluding hydrogens is 234 g/mol. The second-order valence-electron chi connectivity index (χ2n) is 4.32. The van der Waals surface area contributed by atoms with Gasteiger partial charge in [-0.1, -0.05) is 0 Å². The first-order valence-electron chi connectivity index (χ1n) is 5.78. The zero-order chi connectivity index (χ0) is 13.3. The molecule has 6 heteroatoms. The Labute approximate surface area is 104 Å². The highest BCUT2D eigenvalue weighted by Gasteiger charge is 2.30. The number of hydrogen-bond donors (Lipinski definition) is 2. The summed E-state index contributed by atoms with van der Waals surface area (Å²) in [6.07, 6.45) is 1.50. The van der Waals surface area contributed by atoms with Crippen LogP contribution >= 0.6 is 0 Å². The number of aromatic amines is 1. The van der Waals surface area contributed by atoms with E-state index in [0.29, 0.717) is 24.3 Å². The van der Waals surface area contributed by atoms with Crippen molar-refractivity contribution in [3.63, 3.8) is 0 Å². The van der Waals surface area contributed by atoms with Crippen LogP contribution < -0.4 is 5.32 Å². The van der Waals surface area contributed by atoms with Gasteiger partial charge in [0.15, 0.2) is 5.78 Å². The van der Waals surface area contributed by atoms with E-state index in [9.17, 15) is 14.4 Å². The SMILES string of the molecule is CC(=O)c1c[nH]c(C(=O)N2CCNC(=O)C2C)c1. The number of H-pyrrole nitrogens is 1. The molecule has 2 heterocycles. The highest BCUT2D eigenvalue weighted by molar-refractivity contribution is 6.00. The average molecular weight is 249 g/mol. The van der Waals surface area contributed by atoms with Crippen molar-refractivity contribution in [2.24, 2.45) is 0 Å². The van der Waals surface area contributed by atoms with Crippen molar-refractivity contribution in [1.29, 1.82) is 0 Å². The van der Waals surface area contributed by atoms with Crippen LogP contribution in [0.3, 0.4) is 0 Å². The largest absolute Gasteiger partial charge is 0.356 e. The summed E-state index contributed by atoms with van der Waals surface area (Å²) in [7, 11) is 0. The summed E-state index contributed by atoms with van der Waals surface area (Å²) in [6, 6.07) is 1.03. The molecule has 1 unspecified atom stereocenters. The fraction of sp³-hybridized carbons (Fsp3) is 0.417. The molecule has 18 heavy (non-hydrogen) atoms. The van der Waals surface area contributed by atoms with Crippen molar-refractivity contribution in [3.05, 3.63) is 23.5 Å². The molecule has 0 saturated carbocycles. The highest BCUT2D eigenvalue weighted by Crippen LogP contribution is 2.12. The lowest BCUT2D eigenvalue weighted by atomic mass is 10.1. The molecule has 1 aliphatic heterocycles. The van der Waals surface area contributed by atoms with Gasteiger partial charge in [0.05, 0.1) is 0 Å². The number of nitrogens with one attached hydrogen (secondary N) is 2. The van der Waals surface area contributed by atoms with E-state index in [4.69, 9.17) is 0 Å². The van der Waals surface area contributed by atoms with E-state index in [1.807, 2.05) is 0 Å². The maximum Gasteiger partial charge on any atom is 0.271 e. The van der Waals surface area contributed by atoms with Gasteiger partial charge in [-0.25, -0.2) is 0 Å². The van der Waals surface area contributed by atoms with Gasteiger partial charge < -0.3 is 15.2 Å². The molecule has 1 aromatic heterocycles. The number of amides is 2. The van der Waals surface area contributed by atoms with E-state index in [2.05, 4.69) is 10.3 Å². The summed E-state index contributed by atoms with van der Waals surface area (Å²) in [5, 5.41) is 2.69. The number of hydrogen-bond acceptors (Lipinski definition) is 3. The summed E-state index contributed by atoms with van der Waals surface area (Å²) in [4.78, 5) is 39.1. The molecule has 1 atom stereocenters. The molecule has 0 bridgehead atoms. The van der Waals surface area contributed by atoms with E-state index in [1.165, 1.54) is 24.1 Å². The maximum atomic E-state index is 12.2. The van der Waals surface area contributed by atoms with Crippen LogP contribution in [0.15, 0.2) is 12.3 Å². The van der Waals surface area contributed by atoms with E-state index in [0.717, 1.165) is 0 Å². The minimum atomic E-state index is -0.490. The lowest BCUT2D eigenvalue weighted by Crippen LogP contribution is -2.55. The van der Waals surface area contributed by atoms with Crippen LogP contribution in [0, 0.1) is 0 Å². The van der Waals surface area contributed by atoms with Gasteiger partial charge in [0.1, 0.15) is 11.7 Å². The van der Waals surface area contributed by atoms with Gasteiger partial charge in [0.2, 0.25) is 5.91 Å². The van der Waals surface area contributed by atoms with Crippen molar-refractivity contribution in [3.8, 4) is 0 Å². The van der Waals surface area contributed by atoms with Crippen molar-refractivity contribution >= 4 is 17.6 Å². The third-order valence-corrected chi connectivity index (χ3v) is 3.08. The van der Waals surface area contributed by atoms with Gasteiger partial charge in [-0.15, -0.1) is 0 Å². The number of carbonyl (C=O) groups excluding carboxylic acids is 3.